The highest BCUT2D eigenvalue weighted by atomic mass is 28.3. The molecule has 0 aliphatic rings. The Balaban J connectivity index is 1.23. The molecule has 0 bridgehead atoms. The second-order valence-electron chi connectivity index (χ2n) is 16.0. The summed E-state index contributed by atoms with van der Waals surface area (Å²) in [5.41, 5.74) is 11.9. The summed E-state index contributed by atoms with van der Waals surface area (Å²) in [5, 5.41) is 5.45. The van der Waals surface area contributed by atoms with Gasteiger partial charge in [-0.1, -0.05) is 159 Å². The van der Waals surface area contributed by atoms with Crippen LogP contribution >= 0.6 is 0 Å². The third-order valence-corrected chi connectivity index (χ3v) is 14.5. The molecule has 0 radical (unpaired) electrons. The monoisotopic (exact) mass is 706 g/mol. The van der Waals surface area contributed by atoms with Crippen LogP contribution in [0.4, 0.5) is 17.1 Å². The van der Waals surface area contributed by atoms with Crippen LogP contribution in [0.15, 0.2) is 170 Å². The lowest BCUT2D eigenvalue weighted by molar-refractivity contribution is 1.18. The van der Waals surface area contributed by atoms with E-state index in [1.807, 2.05) is 0 Å². The van der Waals surface area contributed by atoms with E-state index in [0.29, 0.717) is 0 Å². The van der Waals surface area contributed by atoms with Gasteiger partial charge in [-0.2, -0.15) is 0 Å². The van der Waals surface area contributed by atoms with E-state index < -0.39 is 16.1 Å². The van der Waals surface area contributed by atoms with Gasteiger partial charge in [-0.3, -0.25) is 0 Å². The summed E-state index contributed by atoms with van der Waals surface area (Å²) in [4.78, 5) is 2.39. The summed E-state index contributed by atoms with van der Waals surface area (Å²) < 4.78 is 2.38. The molecular formula is C48H46N2Si2. The molecule has 8 rings (SSSR count). The Morgan fingerprint density at radius 2 is 0.769 bits per heavy atom. The van der Waals surface area contributed by atoms with Crippen molar-refractivity contribution in [3.05, 3.63) is 170 Å². The normalized spacial score (nSPS) is 12.0. The van der Waals surface area contributed by atoms with Crippen molar-refractivity contribution in [2.24, 2.45) is 0 Å². The first kappa shape index (κ1) is 33.7. The van der Waals surface area contributed by atoms with Gasteiger partial charge >= 0.3 is 0 Å². The van der Waals surface area contributed by atoms with Gasteiger partial charge in [-0.05, 0) is 82.9 Å². The molecule has 1 aromatic heterocycles. The molecule has 0 unspecified atom stereocenters. The van der Waals surface area contributed by atoms with E-state index in [0.717, 1.165) is 17.1 Å². The maximum absolute atomic E-state index is 2.40. The van der Waals surface area contributed by atoms with Crippen molar-refractivity contribution < 1.29 is 0 Å². The smallest absolute Gasteiger partial charge is 0.0775 e. The molecule has 0 fully saturated rings. The Bertz CT molecular complexity index is 2380. The quantitative estimate of drug-likeness (QED) is 0.143. The average Bonchev–Trinajstić information content (AvgIpc) is 3.49. The zero-order valence-electron chi connectivity index (χ0n) is 31.1. The van der Waals surface area contributed by atoms with Gasteiger partial charge in [-0.25, -0.2) is 0 Å². The zero-order chi connectivity index (χ0) is 36.0. The fourth-order valence-electron chi connectivity index (χ4n) is 7.33. The van der Waals surface area contributed by atoms with E-state index in [-0.39, 0.29) is 0 Å². The van der Waals surface area contributed by atoms with Crippen LogP contribution in [0.25, 0.3) is 49.7 Å². The highest BCUT2D eigenvalue weighted by Crippen LogP contribution is 2.40. The van der Waals surface area contributed by atoms with E-state index >= 15 is 0 Å². The van der Waals surface area contributed by atoms with Crippen molar-refractivity contribution in [1.29, 1.82) is 0 Å². The molecule has 4 heteroatoms. The van der Waals surface area contributed by atoms with Crippen LogP contribution in [-0.2, 0) is 0 Å². The minimum atomic E-state index is -1.35. The molecule has 1 heterocycles. The number of nitrogens with zero attached hydrogens (tertiary/aromatic N) is 2. The minimum Gasteiger partial charge on any atom is -0.310 e. The van der Waals surface area contributed by atoms with Gasteiger partial charge in [0.1, 0.15) is 0 Å². The molecule has 0 amide bonds. The summed E-state index contributed by atoms with van der Waals surface area (Å²) in [6.45, 7) is 14.4. The largest absolute Gasteiger partial charge is 0.310 e. The molecule has 0 aliphatic carbocycles. The standard InChI is InChI=1S/C48H46N2Si2/c1-51(2,3)43-29-20-37(21-30-43)35-16-24-40(25-17-35)49(41-26-18-36(19-27-41)38-22-31-44(32-23-38)52(4,5)6)42-28-33-48-46(34-42)45-14-10-11-15-47(45)50(48)39-12-8-7-9-13-39/h7-34H,1-6H3. The molecule has 0 saturated carbocycles. The maximum atomic E-state index is 2.40. The number of benzene rings is 7. The maximum Gasteiger partial charge on any atom is 0.0775 e. The molecule has 0 aliphatic heterocycles. The SMILES string of the molecule is C[Si](C)(C)c1ccc(-c2ccc(N(c3ccc(-c4ccc([Si](C)(C)C)cc4)cc3)c3ccc4c(c3)c3ccccc3n4-c3ccccc3)cc2)cc1. The Labute approximate surface area is 310 Å². The van der Waals surface area contributed by atoms with Crippen molar-refractivity contribution in [2.45, 2.75) is 39.3 Å². The first-order chi connectivity index (χ1) is 25.0. The predicted octanol–water partition coefficient (Wildman–Crippen LogP) is 12.7. The Morgan fingerprint density at radius 3 is 1.25 bits per heavy atom. The summed E-state index contributed by atoms with van der Waals surface area (Å²) in [5.74, 6) is 0. The van der Waals surface area contributed by atoms with E-state index in [4.69, 9.17) is 0 Å². The lowest BCUT2D eigenvalue weighted by atomic mass is 10.0. The number of hydrogen-bond donors (Lipinski definition) is 0. The molecule has 8 aromatic rings. The minimum absolute atomic E-state index is 1.13. The second kappa shape index (κ2) is 13.3. The Hall–Kier alpha value is -5.43. The van der Waals surface area contributed by atoms with Gasteiger partial charge in [0.25, 0.3) is 0 Å². The number of para-hydroxylation sites is 2. The first-order valence-corrected chi connectivity index (χ1v) is 25.4. The first-order valence-electron chi connectivity index (χ1n) is 18.4. The van der Waals surface area contributed by atoms with Gasteiger partial charge in [-0.15, -0.1) is 0 Å². The number of hydrogen-bond acceptors (Lipinski definition) is 1. The van der Waals surface area contributed by atoms with E-state index in [9.17, 15) is 0 Å². The van der Waals surface area contributed by atoms with Gasteiger partial charge in [0, 0.05) is 33.5 Å². The van der Waals surface area contributed by atoms with Crippen LogP contribution in [0.5, 0.6) is 0 Å². The van der Waals surface area contributed by atoms with Crippen molar-refractivity contribution in [2.75, 3.05) is 4.90 Å². The van der Waals surface area contributed by atoms with Crippen molar-refractivity contribution in [1.82, 2.24) is 4.57 Å². The highest BCUT2D eigenvalue weighted by molar-refractivity contribution is 6.89. The number of rotatable bonds is 8. The van der Waals surface area contributed by atoms with Gasteiger partial charge in [0.2, 0.25) is 0 Å². The van der Waals surface area contributed by atoms with E-state index in [1.54, 1.807) is 0 Å². The number of anilines is 3. The van der Waals surface area contributed by atoms with Crippen molar-refractivity contribution in [3.8, 4) is 27.9 Å². The van der Waals surface area contributed by atoms with Crippen LogP contribution in [0.1, 0.15) is 0 Å². The molecular weight excluding hydrogens is 661 g/mol. The van der Waals surface area contributed by atoms with Crippen LogP contribution in [0.2, 0.25) is 39.3 Å². The summed E-state index contributed by atoms with van der Waals surface area (Å²) in [7, 11) is -2.71. The molecule has 0 saturated heterocycles. The second-order valence-corrected chi connectivity index (χ2v) is 26.1. The van der Waals surface area contributed by atoms with Crippen LogP contribution < -0.4 is 15.3 Å². The Kier molecular flexibility index (Phi) is 8.61. The summed E-state index contributed by atoms with van der Waals surface area (Å²) >= 11 is 0. The van der Waals surface area contributed by atoms with E-state index in [1.165, 1.54) is 60.1 Å². The topological polar surface area (TPSA) is 8.17 Å². The Morgan fingerprint density at radius 1 is 0.365 bits per heavy atom. The van der Waals surface area contributed by atoms with Crippen LogP contribution in [-0.4, -0.2) is 20.7 Å². The van der Waals surface area contributed by atoms with Crippen molar-refractivity contribution >= 4 is 65.4 Å². The fraction of sp³-hybridized carbons (Fsp3) is 0.125. The summed E-state index contributed by atoms with van der Waals surface area (Å²) in [6, 6.07) is 62.9. The van der Waals surface area contributed by atoms with E-state index in [2.05, 4.69) is 219 Å². The third kappa shape index (κ3) is 6.45. The van der Waals surface area contributed by atoms with Crippen molar-refractivity contribution in [3.63, 3.8) is 0 Å². The molecule has 7 aromatic carbocycles. The average molecular weight is 707 g/mol. The fourth-order valence-corrected chi connectivity index (χ4v) is 9.67. The molecule has 0 spiro atoms. The van der Waals surface area contributed by atoms with Gasteiger partial charge in [0.15, 0.2) is 0 Å². The molecule has 52 heavy (non-hydrogen) atoms. The third-order valence-electron chi connectivity index (χ3n) is 10.3. The summed E-state index contributed by atoms with van der Waals surface area (Å²) in [6.07, 6.45) is 0. The lowest BCUT2D eigenvalue weighted by Gasteiger charge is -2.26. The molecule has 256 valence electrons. The molecule has 2 nitrogen and oxygen atoms in total. The highest BCUT2D eigenvalue weighted by Gasteiger charge is 2.19. The predicted molar refractivity (Wildman–Crippen MR) is 232 cm³/mol. The lowest BCUT2D eigenvalue weighted by Crippen LogP contribution is -2.37. The van der Waals surface area contributed by atoms with Gasteiger partial charge in [0.05, 0.1) is 27.2 Å². The zero-order valence-corrected chi connectivity index (χ0v) is 33.1. The van der Waals surface area contributed by atoms with Crippen LogP contribution in [0.3, 0.4) is 0 Å². The van der Waals surface area contributed by atoms with Crippen LogP contribution in [0, 0.1) is 0 Å². The number of aromatic nitrogens is 1. The molecule has 0 N–H and O–H groups in total. The number of fused-ring (bicyclic) bond motifs is 3. The molecule has 0 atom stereocenters. The van der Waals surface area contributed by atoms with Gasteiger partial charge < -0.3 is 9.47 Å².